The zero-order chi connectivity index (χ0) is 17.5. The Balaban J connectivity index is 2.73. The van der Waals surface area contributed by atoms with Gasteiger partial charge in [0.25, 0.3) is 0 Å². The van der Waals surface area contributed by atoms with Gasteiger partial charge in [0, 0.05) is 10.5 Å². The van der Waals surface area contributed by atoms with Gasteiger partial charge in [-0.2, -0.15) is 0 Å². The Morgan fingerprint density at radius 1 is 1.22 bits per heavy atom. The number of rotatable bonds is 6. The molecule has 0 saturated carbocycles. The van der Waals surface area contributed by atoms with Crippen molar-refractivity contribution in [3.8, 4) is 0 Å². The van der Waals surface area contributed by atoms with Gasteiger partial charge in [0.2, 0.25) is 0 Å². The summed E-state index contributed by atoms with van der Waals surface area (Å²) in [7, 11) is 0. The van der Waals surface area contributed by atoms with Crippen LogP contribution in [0.4, 0.5) is 4.79 Å². The van der Waals surface area contributed by atoms with Crippen molar-refractivity contribution in [2.45, 2.75) is 52.2 Å². The second kappa shape index (κ2) is 8.91. The van der Waals surface area contributed by atoms with Crippen molar-refractivity contribution >= 4 is 28.0 Å². The summed E-state index contributed by atoms with van der Waals surface area (Å²) >= 11 is 3.38. The maximum atomic E-state index is 12.0. The average Bonchev–Trinajstić information content (AvgIpc) is 2.39. The third-order valence-corrected chi connectivity index (χ3v) is 3.36. The lowest BCUT2D eigenvalue weighted by molar-refractivity contribution is -0.143. The normalized spacial score (nSPS) is 12.4. The van der Waals surface area contributed by atoms with Gasteiger partial charge in [-0.3, -0.25) is 4.79 Å². The van der Waals surface area contributed by atoms with E-state index in [0.29, 0.717) is 13.0 Å². The molecule has 6 heteroatoms. The summed E-state index contributed by atoms with van der Waals surface area (Å²) in [4.78, 5) is 23.7. The number of benzene rings is 1. The molecule has 5 nitrogen and oxygen atoms in total. The second-order valence-corrected chi connectivity index (χ2v) is 7.10. The van der Waals surface area contributed by atoms with Crippen LogP contribution < -0.4 is 5.32 Å². The summed E-state index contributed by atoms with van der Waals surface area (Å²) in [5.41, 5.74) is 0.425. The van der Waals surface area contributed by atoms with E-state index in [4.69, 9.17) is 9.47 Å². The molecule has 0 aliphatic heterocycles. The molecule has 0 aliphatic rings. The van der Waals surface area contributed by atoms with Gasteiger partial charge in [0.05, 0.1) is 13.0 Å². The van der Waals surface area contributed by atoms with E-state index in [1.165, 1.54) is 0 Å². The Labute approximate surface area is 145 Å². The van der Waals surface area contributed by atoms with E-state index in [0.717, 1.165) is 10.0 Å². The number of amides is 1. The minimum absolute atomic E-state index is 0.100. The Hall–Kier alpha value is -1.56. The van der Waals surface area contributed by atoms with E-state index in [-0.39, 0.29) is 18.4 Å². The molecule has 0 spiro atoms. The molecule has 0 saturated heterocycles. The molecule has 128 valence electrons. The topological polar surface area (TPSA) is 64.6 Å². The van der Waals surface area contributed by atoms with E-state index >= 15 is 0 Å². The number of esters is 1. The summed E-state index contributed by atoms with van der Waals surface area (Å²) in [5.74, 6) is -0.342. The van der Waals surface area contributed by atoms with Gasteiger partial charge < -0.3 is 14.8 Å². The fourth-order valence-corrected chi connectivity index (χ4v) is 2.24. The molecule has 23 heavy (non-hydrogen) atoms. The number of hydrogen-bond donors (Lipinski definition) is 1. The molecule has 1 rings (SSSR count). The van der Waals surface area contributed by atoms with E-state index in [1.807, 2.05) is 24.3 Å². The van der Waals surface area contributed by atoms with Crippen LogP contribution in [-0.2, 0) is 20.7 Å². The van der Waals surface area contributed by atoms with Gasteiger partial charge in [-0.05, 0) is 51.8 Å². The number of alkyl carbamates (subject to hydrolysis) is 1. The van der Waals surface area contributed by atoms with Crippen molar-refractivity contribution in [3.63, 3.8) is 0 Å². The maximum absolute atomic E-state index is 12.0. The lowest BCUT2D eigenvalue weighted by Gasteiger charge is -2.23. The zero-order valence-corrected chi connectivity index (χ0v) is 15.6. The summed E-state index contributed by atoms with van der Waals surface area (Å²) < 4.78 is 11.2. The van der Waals surface area contributed by atoms with E-state index in [1.54, 1.807) is 27.7 Å². The number of carbonyl (C=O) groups excluding carboxylic acids is 2. The average molecular weight is 386 g/mol. The van der Waals surface area contributed by atoms with E-state index < -0.39 is 11.7 Å². The fraction of sp³-hybridized carbons (Fsp3) is 0.529. The number of carbonyl (C=O) groups is 2. The van der Waals surface area contributed by atoms with Crippen LogP contribution in [0.3, 0.4) is 0 Å². The van der Waals surface area contributed by atoms with Crippen molar-refractivity contribution in [3.05, 3.63) is 34.3 Å². The van der Waals surface area contributed by atoms with Crippen molar-refractivity contribution in [1.82, 2.24) is 5.32 Å². The summed E-state index contributed by atoms with van der Waals surface area (Å²) in [6, 6.07) is 7.34. The maximum Gasteiger partial charge on any atom is 0.407 e. The Bertz CT molecular complexity index is 522. The molecule has 0 radical (unpaired) electrons. The minimum atomic E-state index is -0.587. The van der Waals surface area contributed by atoms with Crippen LogP contribution in [0.1, 0.15) is 39.7 Å². The third kappa shape index (κ3) is 8.59. The smallest absolute Gasteiger partial charge is 0.407 e. The van der Waals surface area contributed by atoms with Crippen LogP contribution in [0.2, 0.25) is 0 Å². The highest BCUT2D eigenvalue weighted by atomic mass is 79.9. The Morgan fingerprint density at radius 2 is 1.83 bits per heavy atom. The predicted octanol–water partition coefficient (Wildman–Crippen LogP) is 3.84. The van der Waals surface area contributed by atoms with Gasteiger partial charge >= 0.3 is 12.1 Å². The lowest BCUT2D eigenvalue weighted by Crippen LogP contribution is -2.41. The third-order valence-electron chi connectivity index (χ3n) is 2.83. The van der Waals surface area contributed by atoms with Crippen LogP contribution in [0, 0.1) is 0 Å². The molecule has 0 aromatic heterocycles. The number of halogens is 1. The van der Waals surface area contributed by atoms with Crippen molar-refractivity contribution in [2.75, 3.05) is 6.61 Å². The van der Waals surface area contributed by atoms with Crippen molar-refractivity contribution in [2.24, 2.45) is 0 Å². The lowest BCUT2D eigenvalue weighted by atomic mass is 10.0. The molecule has 0 heterocycles. The number of hydrogen-bond acceptors (Lipinski definition) is 4. The summed E-state index contributed by atoms with van der Waals surface area (Å²) in [5, 5.41) is 2.75. The van der Waals surface area contributed by atoms with Gasteiger partial charge in [-0.1, -0.05) is 28.1 Å². The largest absolute Gasteiger partial charge is 0.466 e. The van der Waals surface area contributed by atoms with Gasteiger partial charge in [-0.25, -0.2) is 4.79 Å². The molecule has 1 aromatic carbocycles. The quantitative estimate of drug-likeness (QED) is 0.755. The van der Waals surface area contributed by atoms with Gasteiger partial charge in [0.1, 0.15) is 5.60 Å². The highest BCUT2D eigenvalue weighted by molar-refractivity contribution is 9.10. The van der Waals surface area contributed by atoms with Crippen LogP contribution in [0.5, 0.6) is 0 Å². The van der Waals surface area contributed by atoms with Crippen LogP contribution in [0.25, 0.3) is 0 Å². The second-order valence-electron chi connectivity index (χ2n) is 6.18. The molecule has 1 aromatic rings. The minimum Gasteiger partial charge on any atom is -0.466 e. The summed E-state index contributed by atoms with van der Waals surface area (Å²) in [6.07, 6.45) is 0.0815. The SMILES string of the molecule is CCOC(=O)CC(Cc1ccc(Br)cc1)NC(=O)OC(C)(C)C. The molecular weight excluding hydrogens is 362 g/mol. The molecule has 1 amide bonds. The molecule has 0 fully saturated rings. The predicted molar refractivity (Wildman–Crippen MR) is 92.3 cm³/mol. The zero-order valence-electron chi connectivity index (χ0n) is 14.0. The Morgan fingerprint density at radius 3 is 2.35 bits per heavy atom. The highest BCUT2D eigenvalue weighted by Gasteiger charge is 2.22. The fourth-order valence-electron chi connectivity index (χ4n) is 1.97. The molecule has 1 N–H and O–H groups in total. The standard InChI is InChI=1S/C17H24BrNO4/c1-5-22-15(20)11-14(19-16(21)23-17(2,3)4)10-12-6-8-13(18)9-7-12/h6-9,14H,5,10-11H2,1-4H3,(H,19,21). The molecule has 1 atom stereocenters. The monoisotopic (exact) mass is 385 g/mol. The van der Waals surface area contributed by atoms with Crippen LogP contribution in [-0.4, -0.2) is 30.3 Å². The Kier molecular flexibility index (Phi) is 7.55. The van der Waals surface area contributed by atoms with Gasteiger partial charge in [0.15, 0.2) is 0 Å². The first-order valence-corrected chi connectivity index (χ1v) is 8.38. The molecule has 0 bridgehead atoms. The molecule has 0 aliphatic carbocycles. The first-order valence-electron chi connectivity index (χ1n) is 7.59. The highest BCUT2D eigenvalue weighted by Crippen LogP contribution is 2.14. The molecular formula is C17H24BrNO4. The van der Waals surface area contributed by atoms with E-state index in [2.05, 4.69) is 21.2 Å². The van der Waals surface area contributed by atoms with E-state index in [9.17, 15) is 9.59 Å². The van der Waals surface area contributed by atoms with Gasteiger partial charge in [-0.15, -0.1) is 0 Å². The first-order chi connectivity index (χ1) is 10.7. The van der Waals surface area contributed by atoms with Crippen molar-refractivity contribution in [1.29, 1.82) is 0 Å². The van der Waals surface area contributed by atoms with Crippen LogP contribution >= 0.6 is 15.9 Å². The number of nitrogens with one attached hydrogen (secondary N) is 1. The first kappa shape index (κ1) is 19.5. The number of ether oxygens (including phenoxy) is 2. The van der Waals surface area contributed by atoms with Crippen molar-refractivity contribution < 1.29 is 19.1 Å². The molecule has 1 unspecified atom stereocenters. The summed E-state index contributed by atoms with van der Waals surface area (Å²) in [6.45, 7) is 7.45. The van der Waals surface area contributed by atoms with Crippen LogP contribution in [0.15, 0.2) is 28.7 Å².